The highest BCUT2D eigenvalue weighted by molar-refractivity contribution is 7.89. The van der Waals surface area contributed by atoms with Crippen molar-refractivity contribution < 1.29 is 27.5 Å². The first kappa shape index (κ1) is 24.3. The fourth-order valence-electron chi connectivity index (χ4n) is 3.71. The SMILES string of the molecule is Cc1ccc2nc(NC(=O)COC(=O)c3cccc(S(=O)(=O)N4CC(C)OC(C)C4)c3)sc2c1. The van der Waals surface area contributed by atoms with Gasteiger partial charge in [-0.05, 0) is 56.7 Å². The second-order valence-electron chi connectivity index (χ2n) is 8.22. The van der Waals surface area contributed by atoms with Gasteiger partial charge in [0.15, 0.2) is 11.7 Å². The molecule has 1 saturated heterocycles. The van der Waals surface area contributed by atoms with Crippen LogP contribution < -0.4 is 5.32 Å². The van der Waals surface area contributed by atoms with Crippen LogP contribution in [-0.4, -0.2) is 61.5 Å². The van der Waals surface area contributed by atoms with E-state index < -0.39 is 28.5 Å². The number of nitrogens with zero attached hydrogens (tertiary/aromatic N) is 2. The molecule has 0 radical (unpaired) electrons. The van der Waals surface area contributed by atoms with E-state index in [9.17, 15) is 18.0 Å². The maximum absolute atomic E-state index is 13.1. The average Bonchev–Trinajstić information content (AvgIpc) is 3.18. The Kier molecular flexibility index (Phi) is 6.99. The summed E-state index contributed by atoms with van der Waals surface area (Å²) in [6.45, 7) is 5.53. The molecule has 11 heteroatoms. The number of morpholine rings is 1. The molecule has 0 bridgehead atoms. The number of aryl methyl sites for hydroxylation is 1. The van der Waals surface area contributed by atoms with Crippen molar-refractivity contribution in [1.29, 1.82) is 0 Å². The van der Waals surface area contributed by atoms with Crippen LogP contribution in [0.4, 0.5) is 5.13 Å². The number of fused-ring (bicyclic) bond motifs is 1. The van der Waals surface area contributed by atoms with E-state index in [0.29, 0.717) is 5.13 Å². The van der Waals surface area contributed by atoms with Crippen LogP contribution in [0.25, 0.3) is 10.2 Å². The quantitative estimate of drug-likeness (QED) is 0.514. The third-order valence-corrected chi connectivity index (χ3v) is 7.98. The number of rotatable bonds is 6. The van der Waals surface area contributed by atoms with Gasteiger partial charge in [-0.3, -0.25) is 10.1 Å². The lowest BCUT2D eigenvalue weighted by Crippen LogP contribution is -2.48. The zero-order chi connectivity index (χ0) is 24.5. The van der Waals surface area contributed by atoms with Crippen molar-refractivity contribution in [2.24, 2.45) is 0 Å². The smallest absolute Gasteiger partial charge is 0.338 e. The number of hydrogen-bond acceptors (Lipinski definition) is 8. The number of esters is 1. The number of carbonyl (C=O) groups is 2. The molecule has 1 amide bonds. The van der Waals surface area contributed by atoms with Crippen LogP contribution in [0.3, 0.4) is 0 Å². The van der Waals surface area contributed by atoms with E-state index in [0.717, 1.165) is 15.8 Å². The van der Waals surface area contributed by atoms with Gasteiger partial charge in [-0.2, -0.15) is 4.31 Å². The van der Waals surface area contributed by atoms with Crippen LogP contribution >= 0.6 is 11.3 Å². The third kappa shape index (κ3) is 5.44. The molecule has 180 valence electrons. The van der Waals surface area contributed by atoms with Gasteiger partial charge in [0.2, 0.25) is 10.0 Å². The number of nitrogens with one attached hydrogen (secondary N) is 1. The highest BCUT2D eigenvalue weighted by atomic mass is 32.2. The molecular weight excluding hydrogens is 478 g/mol. The summed E-state index contributed by atoms with van der Waals surface area (Å²) >= 11 is 1.33. The molecule has 1 aromatic heterocycles. The van der Waals surface area contributed by atoms with E-state index in [2.05, 4.69) is 10.3 Å². The molecular formula is C23H25N3O6S2. The van der Waals surface area contributed by atoms with Crippen molar-refractivity contribution in [2.45, 2.75) is 37.9 Å². The molecule has 0 saturated carbocycles. The molecule has 2 unspecified atom stereocenters. The molecule has 1 N–H and O–H groups in total. The largest absolute Gasteiger partial charge is 0.452 e. The zero-order valence-corrected chi connectivity index (χ0v) is 20.6. The van der Waals surface area contributed by atoms with Gasteiger partial charge in [-0.1, -0.05) is 23.5 Å². The van der Waals surface area contributed by atoms with Gasteiger partial charge >= 0.3 is 5.97 Å². The van der Waals surface area contributed by atoms with E-state index in [1.807, 2.05) is 39.0 Å². The monoisotopic (exact) mass is 503 g/mol. The normalized spacial score (nSPS) is 19.1. The molecule has 1 aliphatic heterocycles. The van der Waals surface area contributed by atoms with Gasteiger partial charge in [-0.25, -0.2) is 18.2 Å². The Labute approximate surface area is 201 Å². The fraction of sp³-hybridized carbons (Fsp3) is 0.348. The fourth-order valence-corrected chi connectivity index (χ4v) is 6.33. The first-order valence-electron chi connectivity index (χ1n) is 10.7. The van der Waals surface area contributed by atoms with Gasteiger partial charge in [0, 0.05) is 13.1 Å². The molecule has 0 aliphatic carbocycles. The standard InChI is InChI=1S/C23H25N3O6S2/c1-14-7-8-19-20(9-14)33-23(24-19)25-21(27)13-31-22(28)17-5-4-6-18(10-17)34(29,30)26-11-15(2)32-16(3)12-26/h4-10,15-16H,11-13H2,1-3H3,(H,24,25,27). The van der Waals surface area contributed by atoms with Crippen LogP contribution in [0.15, 0.2) is 47.4 Å². The number of amides is 1. The van der Waals surface area contributed by atoms with Gasteiger partial charge < -0.3 is 9.47 Å². The lowest BCUT2D eigenvalue weighted by molar-refractivity contribution is -0.119. The van der Waals surface area contributed by atoms with E-state index in [4.69, 9.17) is 9.47 Å². The van der Waals surface area contributed by atoms with Gasteiger partial charge in [0.05, 0.1) is 32.9 Å². The molecule has 1 fully saturated rings. The number of sulfonamides is 1. The van der Waals surface area contributed by atoms with Gasteiger partial charge in [0.25, 0.3) is 5.91 Å². The Bertz CT molecular complexity index is 1330. The molecule has 2 aromatic carbocycles. The van der Waals surface area contributed by atoms with Crippen LogP contribution in [0.5, 0.6) is 0 Å². The van der Waals surface area contributed by atoms with Crippen LogP contribution in [0.1, 0.15) is 29.8 Å². The van der Waals surface area contributed by atoms with Gasteiger partial charge in [-0.15, -0.1) is 0 Å². The average molecular weight is 504 g/mol. The summed E-state index contributed by atoms with van der Waals surface area (Å²) in [4.78, 5) is 29.1. The maximum Gasteiger partial charge on any atom is 0.338 e. The summed E-state index contributed by atoms with van der Waals surface area (Å²) in [5.74, 6) is -1.33. The van der Waals surface area contributed by atoms with Crippen molar-refractivity contribution in [1.82, 2.24) is 9.29 Å². The van der Waals surface area contributed by atoms with Crippen molar-refractivity contribution in [3.05, 3.63) is 53.6 Å². The van der Waals surface area contributed by atoms with E-state index >= 15 is 0 Å². The lowest BCUT2D eigenvalue weighted by atomic mass is 10.2. The highest BCUT2D eigenvalue weighted by Gasteiger charge is 2.32. The molecule has 1 aliphatic rings. The highest BCUT2D eigenvalue weighted by Crippen LogP contribution is 2.26. The molecule has 9 nitrogen and oxygen atoms in total. The second-order valence-corrected chi connectivity index (χ2v) is 11.2. The molecule has 3 aromatic rings. The summed E-state index contributed by atoms with van der Waals surface area (Å²) in [6.07, 6.45) is -0.464. The van der Waals surface area contributed by atoms with Crippen LogP contribution in [-0.2, 0) is 24.3 Å². The van der Waals surface area contributed by atoms with E-state index in [1.165, 1.54) is 39.9 Å². The molecule has 0 spiro atoms. The predicted molar refractivity (Wildman–Crippen MR) is 128 cm³/mol. The Morgan fingerprint density at radius 2 is 1.91 bits per heavy atom. The molecule has 34 heavy (non-hydrogen) atoms. The van der Waals surface area contributed by atoms with Crippen molar-refractivity contribution >= 4 is 48.6 Å². The topological polar surface area (TPSA) is 115 Å². The summed E-state index contributed by atoms with van der Waals surface area (Å²) < 4.78 is 39.1. The second kappa shape index (κ2) is 9.79. The zero-order valence-electron chi connectivity index (χ0n) is 19.0. The molecule has 4 rings (SSSR count). The Balaban J connectivity index is 1.39. The third-order valence-electron chi connectivity index (χ3n) is 5.22. The first-order chi connectivity index (χ1) is 16.1. The Morgan fingerprint density at radius 1 is 1.18 bits per heavy atom. The summed E-state index contributed by atoms with van der Waals surface area (Å²) in [7, 11) is -3.81. The van der Waals surface area contributed by atoms with Gasteiger partial charge in [0.1, 0.15) is 0 Å². The minimum Gasteiger partial charge on any atom is -0.452 e. The number of hydrogen-bond donors (Lipinski definition) is 1. The summed E-state index contributed by atoms with van der Waals surface area (Å²) in [6, 6.07) is 11.4. The lowest BCUT2D eigenvalue weighted by Gasteiger charge is -2.34. The number of carbonyl (C=O) groups excluding carboxylic acids is 2. The minimum atomic E-state index is -3.81. The van der Waals surface area contributed by atoms with Crippen molar-refractivity contribution in [3.8, 4) is 0 Å². The number of thiazole rings is 1. The Hall–Kier alpha value is -2.86. The van der Waals surface area contributed by atoms with Crippen molar-refractivity contribution in [3.63, 3.8) is 0 Å². The maximum atomic E-state index is 13.1. The van der Waals surface area contributed by atoms with E-state index in [-0.39, 0.29) is 35.8 Å². The molecule has 2 heterocycles. The number of ether oxygens (including phenoxy) is 2. The predicted octanol–water partition coefficient (Wildman–Crippen LogP) is 3.20. The van der Waals surface area contributed by atoms with Crippen LogP contribution in [0.2, 0.25) is 0 Å². The number of aromatic nitrogens is 1. The van der Waals surface area contributed by atoms with E-state index in [1.54, 1.807) is 0 Å². The van der Waals surface area contributed by atoms with Crippen molar-refractivity contribution in [2.75, 3.05) is 25.0 Å². The minimum absolute atomic E-state index is 0.0162. The summed E-state index contributed by atoms with van der Waals surface area (Å²) in [5, 5.41) is 3.03. The first-order valence-corrected chi connectivity index (χ1v) is 13.0. The number of benzene rings is 2. The number of anilines is 1. The summed E-state index contributed by atoms with van der Waals surface area (Å²) in [5.41, 5.74) is 1.90. The molecule has 2 atom stereocenters. The Morgan fingerprint density at radius 3 is 2.65 bits per heavy atom. The van der Waals surface area contributed by atoms with Crippen LogP contribution in [0, 0.1) is 6.92 Å².